The number of hydrogen-bond donors (Lipinski definition) is 1. The van der Waals surface area contributed by atoms with E-state index >= 15 is 0 Å². The van der Waals surface area contributed by atoms with Crippen LogP contribution in [0, 0.1) is 0 Å². The average Bonchev–Trinajstić information content (AvgIpc) is 2.71. The van der Waals surface area contributed by atoms with Crippen molar-refractivity contribution in [3.63, 3.8) is 0 Å². The van der Waals surface area contributed by atoms with Crippen molar-refractivity contribution in [1.29, 1.82) is 0 Å². The number of rotatable bonds is 7. The lowest BCUT2D eigenvalue weighted by molar-refractivity contribution is 0.302. The molecule has 0 unspecified atom stereocenters. The smallest absolute Gasteiger partial charge is 0.0722 e. The van der Waals surface area contributed by atoms with Crippen molar-refractivity contribution in [2.75, 3.05) is 26.2 Å². The van der Waals surface area contributed by atoms with Crippen molar-refractivity contribution in [3.8, 4) is 0 Å². The summed E-state index contributed by atoms with van der Waals surface area (Å²) < 4.78 is 1.92. The average molecular weight is 266 g/mol. The zero-order chi connectivity index (χ0) is 14.5. The van der Waals surface area contributed by atoms with E-state index in [1.807, 2.05) is 11.7 Å². The van der Waals surface area contributed by atoms with E-state index in [0.29, 0.717) is 0 Å². The monoisotopic (exact) mass is 266 g/mol. The number of aromatic nitrogens is 2. The molecule has 0 amide bonds. The molecule has 0 saturated heterocycles. The van der Waals surface area contributed by atoms with Gasteiger partial charge in [-0.15, -0.1) is 0 Å². The fourth-order valence-corrected chi connectivity index (χ4v) is 2.30. The van der Waals surface area contributed by atoms with Gasteiger partial charge >= 0.3 is 0 Å². The third-order valence-corrected chi connectivity index (χ3v) is 3.43. The predicted octanol–water partition coefficient (Wildman–Crippen LogP) is 2.15. The van der Waals surface area contributed by atoms with E-state index < -0.39 is 0 Å². The molecule has 1 N–H and O–H groups in total. The molecule has 4 nitrogen and oxygen atoms in total. The molecular formula is C15H30N4. The zero-order valence-corrected chi connectivity index (χ0v) is 13.5. The first-order valence-electron chi connectivity index (χ1n) is 7.34. The Bertz CT molecular complexity index is 372. The molecule has 0 radical (unpaired) electrons. The second-order valence-electron chi connectivity index (χ2n) is 6.13. The van der Waals surface area contributed by atoms with Crippen molar-refractivity contribution in [2.45, 2.75) is 46.6 Å². The van der Waals surface area contributed by atoms with Crippen molar-refractivity contribution < 1.29 is 0 Å². The van der Waals surface area contributed by atoms with E-state index in [1.54, 1.807) is 0 Å². The highest BCUT2D eigenvalue weighted by molar-refractivity contribution is 5.23. The van der Waals surface area contributed by atoms with E-state index in [4.69, 9.17) is 0 Å². The Labute approximate surface area is 118 Å². The third kappa shape index (κ3) is 4.96. The lowest BCUT2D eigenvalue weighted by Crippen LogP contribution is -2.32. The Morgan fingerprint density at radius 2 is 1.89 bits per heavy atom. The lowest BCUT2D eigenvalue weighted by atomic mass is 9.89. The summed E-state index contributed by atoms with van der Waals surface area (Å²) in [6.07, 6.45) is 2.13. The topological polar surface area (TPSA) is 33.1 Å². The highest BCUT2D eigenvalue weighted by Crippen LogP contribution is 2.23. The first-order chi connectivity index (χ1) is 8.88. The molecule has 0 saturated carbocycles. The van der Waals surface area contributed by atoms with Gasteiger partial charge in [0.1, 0.15) is 0 Å². The molecule has 0 aromatic carbocycles. The Balaban J connectivity index is 2.50. The van der Waals surface area contributed by atoms with Gasteiger partial charge in [-0.3, -0.25) is 4.68 Å². The number of hydrogen-bond acceptors (Lipinski definition) is 3. The number of nitrogens with zero attached hydrogens (tertiary/aromatic N) is 3. The van der Waals surface area contributed by atoms with Crippen LogP contribution >= 0.6 is 0 Å². The SMILES string of the molecule is CCN(CC)CCNCc1cn(C)nc1C(C)(C)C. The van der Waals surface area contributed by atoms with Crippen LogP contribution < -0.4 is 5.32 Å². The molecule has 1 aromatic rings. The Kier molecular flexibility index (Phi) is 6.01. The molecule has 0 aliphatic rings. The number of likely N-dealkylation sites (N-methyl/N-ethyl adjacent to an activating group) is 1. The van der Waals surface area contributed by atoms with Crippen LogP contribution in [-0.4, -0.2) is 40.9 Å². The Morgan fingerprint density at radius 3 is 2.42 bits per heavy atom. The van der Waals surface area contributed by atoms with Gasteiger partial charge in [0.25, 0.3) is 0 Å². The summed E-state index contributed by atoms with van der Waals surface area (Å²) in [5.41, 5.74) is 2.62. The maximum atomic E-state index is 4.59. The first kappa shape index (κ1) is 16.2. The van der Waals surface area contributed by atoms with Crippen LogP contribution in [0.25, 0.3) is 0 Å². The summed E-state index contributed by atoms with van der Waals surface area (Å²) in [5.74, 6) is 0. The Morgan fingerprint density at radius 1 is 1.26 bits per heavy atom. The molecule has 0 fully saturated rings. The van der Waals surface area contributed by atoms with E-state index in [1.165, 1.54) is 11.3 Å². The molecule has 0 atom stereocenters. The molecule has 1 heterocycles. The molecule has 0 aliphatic carbocycles. The minimum absolute atomic E-state index is 0.108. The maximum Gasteiger partial charge on any atom is 0.0722 e. The molecule has 19 heavy (non-hydrogen) atoms. The van der Waals surface area contributed by atoms with Crippen LogP contribution in [-0.2, 0) is 19.0 Å². The Hall–Kier alpha value is -0.870. The first-order valence-corrected chi connectivity index (χ1v) is 7.34. The van der Waals surface area contributed by atoms with Crippen LogP contribution in [0.2, 0.25) is 0 Å². The van der Waals surface area contributed by atoms with Crippen LogP contribution in [0.3, 0.4) is 0 Å². The van der Waals surface area contributed by atoms with Gasteiger partial charge in [-0.05, 0) is 13.1 Å². The van der Waals surface area contributed by atoms with E-state index in [0.717, 1.165) is 32.7 Å². The van der Waals surface area contributed by atoms with Gasteiger partial charge in [-0.1, -0.05) is 34.6 Å². The summed E-state index contributed by atoms with van der Waals surface area (Å²) in [7, 11) is 1.99. The van der Waals surface area contributed by atoms with Crippen molar-refractivity contribution in [2.24, 2.45) is 7.05 Å². The fourth-order valence-electron chi connectivity index (χ4n) is 2.30. The second kappa shape index (κ2) is 7.06. The van der Waals surface area contributed by atoms with Crippen molar-refractivity contribution in [3.05, 3.63) is 17.5 Å². The van der Waals surface area contributed by atoms with Gasteiger partial charge in [0.05, 0.1) is 5.69 Å². The minimum atomic E-state index is 0.108. The molecule has 110 valence electrons. The molecule has 0 bridgehead atoms. The van der Waals surface area contributed by atoms with Gasteiger partial charge in [0, 0.05) is 43.9 Å². The molecule has 1 aromatic heterocycles. The van der Waals surface area contributed by atoms with Gasteiger partial charge in [0.2, 0.25) is 0 Å². The highest BCUT2D eigenvalue weighted by Gasteiger charge is 2.21. The molecule has 4 heteroatoms. The fraction of sp³-hybridized carbons (Fsp3) is 0.800. The van der Waals surface area contributed by atoms with Crippen LogP contribution in [0.1, 0.15) is 45.9 Å². The van der Waals surface area contributed by atoms with Crippen LogP contribution in [0.4, 0.5) is 0 Å². The van der Waals surface area contributed by atoms with Gasteiger partial charge in [-0.2, -0.15) is 5.10 Å². The van der Waals surface area contributed by atoms with Crippen molar-refractivity contribution in [1.82, 2.24) is 20.0 Å². The quantitative estimate of drug-likeness (QED) is 0.768. The summed E-state index contributed by atoms with van der Waals surface area (Å²) in [6, 6.07) is 0. The van der Waals surface area contributed by atoms with E-state index in [9.17, 15) is 0 Å². The molecule has 0 spiro atoms. The highest BCUT2D eigenvalue weighted by atomic mass is 15.3. The normalized spacial score (nSPS) is 12.4. The summed E-state index contributed by atoms with van der Waals surface area (Å²) in [4.78, 5) is 2.43. The van der Waals surface area contributed by atoms with Gasteiger partial charge < -0.3 is 10.2 Å². The third-order valence-electron chi connectivity index (χ3n) is 3.43. The lowest BCUT2D eigenvalue weighted by Gasteiger charge is -2.19. The molecule has 1 rings (SSSR count). The second-order valence-corrected chi connectivity index (χ2v) is 6.13. The predicted molar refractivity (Wildman–Crippen MR) is 81.4 cm³/mol. The van der Waals surface area contributed by atoms with E-state index in [-0.39, 0.29) is 5.41 Å². The maximum absolute atomic E-state index is 4.59. The molecular weight excluding hydrogens is 236 g/mol. The number of aryl methyl sites for hydroxylation is 1. The molecule has 0 aliphatic heterocycles. The summed E-state index contributed by atoms with van der Waals surface area (Å²) in [5, 5.41) is 8.13. The zero-order valence-electron chi connectivity index (χ0n) is 13.5. The standard InChI is InChI=1S/C15H30N4/c1-7-19(8-2)10-9-16-11-13-12-18(6)17-14(13)15(3,4)5/h12,16H,7-11H2,1-6H3. The minimum Gasteiger partial charge on any atom is -0.311 e. The number of nitrogens with one attached hydrogen (secondary N) is 1. The van der Waals surface area contributed by atoms with Gasteiger partial charge in [-0.25, -0.2) is 0 Å². The summed E-state index contributed by atoms with van der Waals surface area (Å²) in [6.45, 7) is 16.4. The van der Waals surface area contributed by atoms with Crippen LogP contribution in [0.15, 0.2) is 6.20 Å². The van der Waals surface area contributed by atoms with E-state index in [2.05, 4.69) is 56.1 Å². The van der Waals surface area contributed by atoms with Crippen LogP contribution in [0.5, 0.6) is 0 Å². The summed E-state index contributed by atoms with van der Waals surface area (Å²) >= 11 is 0. The van der Waals surface area contributed by atoms with Gasteiger partial charge in [0.15, 0.2) is 0 Å². The largest absolute Gasteiger partial charge is 0.311 e. The van der Waals surface area contributed by atoms with Crippen molar-refractivity contribution >= 4 is 0 Å².